The minimum Gasteiger partial charge on any atom is -0.504 e. The number of carbonyl (C=O) groups excluding carboxylic acids is 1. The first-order valence-electron chi connectivity index (χ1n) is 5.51. The molecule has 1 aromatic carbocycles. The van der Waals surface area contributed by atoms with Crippen molar-refractivity contribution in [3.8, 4) is 17.2 Å². The number of phenolic OH excluding ortho intramolecular Hbond substituents is 3. The van der Waals surface area contributed by atoms with Crippen LogP contribution >= 0.6 is 0 Å². The molecule has 0 bridgehead atoms. The molecule has 1 heterocycles. The van der Waals surface area contributed by atoms with E-state index < -0.39 is 29.1 Å². The fourth-order valence-corrected chi connectivity index (χ4v) is 1.24. The molecule has 8 N–H and O–H groups in total. The fraction of sp³-hybridized carbons (Fsp3) is 0. The quantitative estimate of drug-likeness (QED) is 0.477. The van der Waals surface area contributed by atoms with Crippen molar-refractivity contribution in [1.82, 2.24) is 4.98 Å². The van der Waals surface area contributed by atoms with E-state index in [1.54, 1.807) is 12.1 Å². The zero-order valence-corrected chi connectivity index (χ0v) is 11.1. The van der Waals surface area contributed by atoms with Gasteiger partial charge in [-0.25, -0.2) is 4.79 Å². The first-order chi connectivity index (χ1) is 9.82. The fourth-order valence-electron chi connectivity index (χ4n) is 1.24. The van der Waals surface area contributed by atoms with Crippen LogP contribution in [0.5, 0.6) is 17.2 Å². The van der Waals surface area contributed by atoms with E-state index in [0.29, 0.717) is 5.56 Å². The van der Waals surface area contributed by atoms with E-state index in [1.807, 2.05) is 0 Å². The first-order valence-corrected chi connectivity index (χ1v) is 5.51. The van der Waals surface area contributed by atoms with E-state index >= 15 is 0 Å². The Hall–Kier alpha value is -3.33. The smallest absolute Gasteiger partial charge is 0.335 e. The van der Waals surface area contributed by atoms with Crippen LogP contribution in [0.25, 0.3) is 0 Å². The lowest BCUT2D eigenvalue weighted by Gasteiger charge is -2.01. The Morgan fingerprint density at radius 1 is 0.955 bits per heavy atom. The number of amides is 1. The van der Waals surface area contributed by atoms with Crippen molar-refractivity contribution in [2.24, 2.45) is 5.73 Å². The van der Waals surface area contributed by atoms with Crippen LogP contribution in [0.3, 0.4) is 0 Å². The van der Waals surface area contributed by atoms with Crippen LogP contribution in [0.2, 0.25) is 0 Å². The molecule has 9 heteroatoms. The number of nitrogens with zero attached hydrogens (tertiary/aromatic N) is 1. The standard InChI is InChI=1S/C7H6O5.C6H6N2O.H2O/c8-4-1-3(7(11)12)2-5(9)6(4)10;7-6(9)5-1-3-8-4-2-5;/h1-2,8-10H,(H,11,12);1-4H,(H2,7,9);1H2. The summed E-state index contributed by atoms with van der Waals surface area (Å²) in [4.78, 5) is 24.4. The molecule has 118 valence electrons. The minimum absolute atomic E-state index is 0. The summed E-state index contributed by atoms with van der Waals surface area (Å²) in [5, 5.41) is 35.0. The number of nitrogens with two attached hydrogens (primary N) is 1. The van der Waals surface area contributed by atoms with Gasteiger partial charge in [-0.15, -0.1) is 0 Å². The van der Waals surface area contributed by atoms with Crippen LogP contribution in [-0.4, -0.2) is 42.8 Å². The largest absolute Gasteiger partial charge is 0.504 e. The Labute approximate surface area is 124 Å². The average molecular weight is 310 g/mol. The van der Waals surface area contributed by atoms with E-state index in [0.717, 1.165) is 12.1 Å². The molecule has 0 unspecified atom stereocenters. The van der Waals surface area contributed by atoms with Gasteiger partial charge in [0.1, 0.15) is 0 Å². The second-order valence-electron chi connectivity index (χ2n) is 3.77. The van der Waals surface area contributed by atoms with Gasteiger partial charge in [-0.05, 0) is 24.3 Å². The SMILES string of the molecule is NC(=O)c1ccncc1.O.O=C(O)c1cc(O)c(O)c(O)c1. The molecule has 0 fully saturated rings. The van der Waals surface area contributed by atoms with E-state index in [1.165, 1.54) is 12.4 Å². The van der Waals surface area contributed by atoms with Crippen LogP contribution in [0, 0.1) is 0 Å². The highest BCUT2D eigenvalue weighted by atomic mass is 16.4. The molecule has 2 aromatic rings. The van der Waals surface area contributed by atoms with Gasteiger partial charge in [0, 0.05) is 18.0 Å². The Morgan fingerprint density at radius 3 is 1.73 bits per heavy atom. The van der Waals surface area contributed by atoms with Crippen LogP contribution in [-0.2, 0) is 0 Å². The highest BCUT2D eigenvalue weighted by Gasteiger charge is 2.11. The number of pyridine rings is 1. The summed E-state index contributed by atoms with van der Waals surface area (Å²) in [5.74, 6) is -3.75. The molecule has 0 aliphatic carbocycles. The van der Waals surface area contributed by atoms with Crippen molar-refractivity contribution in [2.75, 3.05) is 0 Å². The van der Waals surface area contributed by atoms with E-state index in [4.69, 9.17) is 26.2 Å². The molecule has 0 aliphatic rings. The maximum Gasteiger partial charge on any atom is 0.335 e. The normalized spacial score (nSPS) is 8.91. The Bertz CT molecular complexity index is 636. The topological polar surface area (TPSA) is 185 Å². The molecular formula is C13H14N2O7. The summed E-state index contributed by atoms with van der Waals surface area (Å²) in [7, 11) is 0. The number of hydrogen-bond acceptors (Lipinski definition) is 6. The van der Waals surface area contributed by atoms with Crippen molar-refractivity contribution in [1.29, 1.82) is 0 Å². The number of aromatic nitrogens is 1. The predicted octanol–water partition coefficient (Wildman–Crippen LogP) is -0.143. The number of aromatic carboxylic acids is 1. The monoisotopic (exact) mass is 310 g/mol. The Balaban J connectivity index is 0.000000397. The van der Waals surface area contributed by atoms with Gasteiger partial charge in [0.2, 0.25) is 5.91 Å². The molecule has 0 spiro atoms. The predicted molar refractivity (Wildman–Crippen MR) is 74.8 cm³/mol. The van der Waals surface area contributed by atoms with Crippen LogP contribution in [0.15, 0.2) is 36.7 Å². The summed E-state index contributed by atoms with van der Waals surface area (Å²) in [6, 6.07) is 4.83. The number of carboxylic acids is 1. The molecule has 1 aromatic heterocycles. The third kappa shape index (κ3) is 4.98. The molecule has 0 atom stereocenters. The van der Waals surface area contributed by atoms with Gasteiger partial charge >= 0.3 is 5.97 Å². The van der Waals surface area contributed by atoms with Gasteiger partial charge in [0.05, 0.1) is 5.56 Å². The highest BCUT2D eigenvalue weighted by molar-refractivity contribution is 5.92. The van der Waals surface area contributed by atoms with Crippen LogP contribution in [0.4, 0.5) is 0 Å². The van der Waals surface area contributed by atoms with E-state index in [2.05, 4.69) is 4.98 Å². The summed E-state index contributed by atoms with van der Waals surface area (Å²) in [5.41, 5.74) is 5.15. The molecule has 0 saturated heterocycles. The molecule has 0 aliphatic heterocycles. The maximum absolute atomic E-state index is 10.4. The zero-order chi connectivity index (χ0) is 16.0. The van der Waals surface area contributed by atoms with Crippen molar-refractivity contribution in [2.45, 2.75) is 0 Å². The van der Waals surface area contributed by atoms with Crippen molar-refractivity contribution < 1.29 is 35.5 Å². The average Bonchev–Trinajstić information content (AvgIpc) is 2.45. The number of phenols is 3. The molecule has 22 heavy (non-hydrogen) atoms. The number of rotatable bonds is 2. The summed E-state index contributed by atoms with van der Waals surface area (Å²) in [6.07, 6.45) is 3.06. The number of carboxylic acid groups (broad SMARTS) is 1. The lowest BCUT2D eigenvalue weighted by Crippen LogP contribution is -2.10. The lowest BCUT2D eigenvalue weighted by atomic mass is 10.2. The number of hydrogen-bond donors (Lipinski definition) is 5. The zero-order valence-electron chi connectivity index (χ0n) is 11.1. The molecular weight excluding hydrogens is 296 g/mol. The molecule has 1 amide bonds. The third-order valence-corrected chi connectivity index (χ3v) is 2.28. The van der Waals surface area contributed by atoms with Crippen molar-refractivity contribution in [3.05, 3.63) is 47.8 Å². The van der Waals surface area contributed by atoms with Crippen molar-refractivity contribution >= 4 is 11.9 Å². The summed E-state index contributed by atoms with van der Waals surface area (Å²) >= 11 is 0. The number of aromatic hydroxyl groups is 3. The second kappa shape index (κ2) is 8.07. The molecule has 0 saturated carbocycles. The number of primary amides is 1. The Morgan fingerprint density at radius 2 is 1.41 bits per heavy atom. The van der Waals surface area contributed by atoms with Gasteiger partial charge in [-0.3, -0.25) is 9.78 Å². The van der Waals surface area contributed by atoms with Gasteiger partial charge in [-0.1, -0.05) is 0 Å². The van der Waals surface area contributed by atoms with Gasteiger partial charge in [0.25, 0.3) is 0 Å². The highest BCUT2D eigenvalue weighted by Crippen LogP contribution is 2.35. The van der Waals surface area contributed by atoms with Gasteiger partial charge in [0.15, 0.2) is 17.2 Å². The van der Waals surface area contributed by atoms with Crippen LogP contribution < -0.4 is 5.73 Å². The molecule has 9 nitrogen and oxygen atoms in total. The molecule has 0 radical (unpaired) electrons. The number of benzene rings is 1. The van der Waals surface area contributed by atoms with E-state index in [-0.39, 0.29) is 11.0 Å². The summed E-state index contributed by atoms with van der Waals surface area (Å²) in [6.45, 7) is 0. The summed E-state index contributed by atoms with van der Waals surface area (Å²) < 4.78 is 0. The third-order valence-electron chi connectivity index (χ3n) is 2.28. The van der Waals surface area contributed by atoms with Gasteiger partial charge < -0.3 is 31.6 Å². The number of carbonyl (C=O) groups is 2. The first kappa shape index (κ1) is 18.7. The van der Waals surface area contributed by atoms with Crippen molar-refractivity contribution in [3.63, 3.8) is 0 Å². The molecule has 2 rings (SSSR count). The van der Waals surface area contributed by atoms with Crippen LogP contribution in [0.1, 0.15) is 20.7 Å². The van der Waals surface area contributed by atoms with Gasteiger partial charge in [-0.2, -0.15) is 0 Å². The second-order valence-corrected chi connectivity index (χ2v) is 3.77. The maximum atomic E-state index is 10.4. The lowest BCUT2D eigenvalue weighted by molar-refractivity contribution is 0.0695. The Kier molecular flexibility index (Phi) is 6.85. The minimum atomic E-state index is -1.29. The van der Waals surface area contributed by atoms with E-state index in [9.17, 15) is 9.59 Å².